The van der Waals surface area contributed by atoms with E-state index in [1.54, 1.807) is 12.2 Å². The molecular weight excluding hydrogens is 404 g/mol. The largest absolute Gasteiger partial charge is 0.482 e. The Balaban J connectivity index is 2.47. The summed E-state index contributed by atoms with van der Waals surface area (Å²) in [4.78, 5) is 12.5. The Hall–Kier alpha value is -2.63. The first-order chi connectivity index (χ1) is 14.7. The molecule has 0 fully saturated rings. The fraction of sp³-hybridized carbons (Fsp3) is 0.346. The predicted molar refractivity (Wildman–Crippen MR) is 129 cm³/mol. The Morgan fingerprint density at radius 1 is 0.968 bits per heavy atom. The Morgan fingerprint density at radius 2 is 1.48 bits per heavy atom. The van der Waals surface area contributed by atoms with Crippen LogP contribution < -0.4 is 10.4 Å². The Bertz CT molecular complexity index is 828. The van der Waals surface area contributed by atoms with Crippen molar-refractivity contribution >= 4 is 24.7 Å². The average Bonchev–Trinajstić information content (AvgIpc) is 2.73. The van der Waals surface area contributed by atoms with Crippen LogP contribution in [0.4, 0.5) is 0 Å². The zero-order valence-corrected chi connectivity index (χ0v) is 20.3. The summed E-state index contributed by atoms with van der Waals surface area (Å²) in [5, 5.41) is 2.21. The summed E-state index contributed by atoms with van der Waals surface area (Å²) in [7, 11) is -2.69. The van der Waals surface area contributed by atoms with Gasteiger partial charge in [0.05, 0.1) is 12.7 Å². The van der Waals surface area contributed by atoms with Crippen molar-refractivity contribution in [2.24, 2.45) is 0 Å². The van der Waals surface area contributed by atoms with Gasteiger partial charge in [0.2, 0.25) is 5.76 Å². The van der Waals surface area contributed by atoms with Gasteiger partial charge in [0.15, 0.2) is 0 Å². The monoisotopic (exact) mass is 438 g/mol. The number of hydrogen-bond donors (Lipinski definition) is 0. The molecule has 0 amide bonds. The first-order valence-corrected chi connectivity index (χ1v) is 12.5. The van der Waals surface area contributed by atoms with Crippen molar-refractivity contribution < 1.29 is 18.7 Å². The van der Waals surface area contributed by atoms with E-state index in [1.165, 1.54) is 10.4 Å². The third-order valence-corrected chi connectivity index (χ3v) is 9.89. The highest BCUT2D eigenvalue weighted by molar-refractivity contribution is 6.99. The maximum atomic E-state index is 12.5. The minimum atomic E-state index is -2.69. The zero-order chi connectivity index (χ0) is 22.9. The van der Waals surface area contributed by atoms with Crippen LogP contribution in [0.25, 0.3) is 0 Å². The molecule has 0 aliphatic rings. The Kier molecular flexibility index (Phi) is 8.84. The van der Waals surface area contributed by atoms with Crippen LogP contribution in [0.3, 0.4) is 0 Å². The van der Waals surface area contributed by atoms with Crippen molar-refractivity contribution in [3.05, 3.63) is 85.2 Å². The van der Waals surface area contributed by atoms with Gasteiger partial charge in [0, 0.05) is 0 Å². The van der Waals surface area contributed by atoms with Crippen LogP contribution in [0, 0.1) is 0 Å². The summed E-state index contributed by atoms with van der Waals surface area (Å²) >= 11 is 0. The summed E-state index contributed by atoms with van der Waals surface area (Å²) in [6.07, 6.45) is 3.04. The van der Waals surface area contributed by atoms with Crippen LogP contribution in [-0.4, -0.2) is 33.6 Å². The normalized spacial score (nSPS) is 12.5. The number of hydrogen-bond acceptors (Lipinski definition) is 4. The van der Waals surface area contributed by atoms with Gasteiger partial charge in [-0.15, -0.1) is 0 Å². The summed E-state index contributed by atoms with van der Waals surface area (Å²) in [6.45, 7) is 14.4. The molecule has 2 aromatic carbocycles. The van der Waals surface area contributed by atoms with Crippen LogP contribution >= 0.6 is 0 Å². The number of rotatable bonds is 10. The van der Waals surface area contributed by atoms with E-state index in [4.69, 9.17) is 13.9 Å². The highest BCUT2D eigenvalue weighted by Gasteiger charge is 2.49. The number of ether oxygens (including phenoxy) is 2. The van der Waals surface area contributed by atoms with E-state index in [0.29, 0.717) is 0 Å². The van der Waals surface area contributed by atoms with Crippen LogP contribution in [0.5, 0.6) is 0 Å². The molecule has 0 radical (unpaired) electrons. The van der Waals surface area contributed by atoms with E-state index in [9.17, 15) is 4.79 Å². The lowest BCUT2D eigenvalue weighted by atomic mass is 10.2. The van der Waals surface area contributed by atoms with Crippen molar-refractivity contribution in [1.29, 1.82) is 0 Å². The molecule has 31 heavy (non-hydrogen) atoms. The average molecular weight is 439 g/mol. The molecule has 0 aliphatic carbocycles. The van der Waals surface area contributed by atoms with Gasteiger partial charge in [-0.05, 0) is 35.3 Å². The van der Waals surface area contributed by atoms with Crippen LogP contribution in [-0.2, 0) is 18.7 Å². The number of carbonyl (C=O) groups is 1. The van der Waals surface area contributed by atoms with Gasteiger partial charge >= 0.3 is 5.97 Å². The lowest BCUT2D eigenvalue weighted by molar-refractivity contribution is -0.146. The quantitative estimate of drug-likeness (QED) is 0.179. The molecule has 0 bridgehead atoms. The van der Waals surface area contributed by atoms with Gasteiger partial charge in [-0.2, -0.15) is 0 Å². The number of esters is 1. The predicted octanol–water partition coefficient (Wildman–Crippen LogP) is 4.60. The summed E-state index contributed by atoms with van der Waals surface area (Å²) in [5.41, 5.74) is 0. The van der Waals surface area contributed by atoms with E-state index in [-0.39, 0.29) is 30.1 Å². The summed E-state index contributed by atoms with van der Waals surface area (Å²) in [6, 6.07) is 20.7. The smallest absolute Gasteiger partial charge is 0.373 e. The van der Waals surface area contributed by atoms with Crippen LogP contribution in [0.15, 0.2) is 85.2 Å². The number of carbonyl (C=O) groups excluding carboxylic acids is 1. The third kappa shape index (κ3) is 6.18. The molecule has 5 heteroatoms. The van der Waals surface area contributed by atoms with Gasteiger partial charge in [0.25, 0.3) is 8.32 Å². The highest BCUT2D eigenvalue weighted by Crippen LogP contribution is 2.36. The third-order valence-electron chi connectivity index (χ3n) is 4.89. The minimum absolute atomic E-state index is 0.145. The first-order valence-electron chi connectivity index (χ1n) is 10.6. The van der Waals surface area contributed by atoms with E-state index in [1.807, 2.05) is 50.2 Å². The lowest BCUT2D eigenvalue weighted by Gasteiger charge is -2.42. The second kappa shape index (κ2) is 11.1. The van der Waals surface area contributed by atoms with Crippen LogP contribution in [0.1, 0.15) is 34.6 Å². The van der Waals surface area contributed by atoms with E-state index < -0.39 is 14.3 Å². The molecule has 0 aromatic heterocycles. The standard InChI is InChI=1S/C26H34O4Si/c1-7-19-28-24(25(27)30-21(2)3)18-20-29-31(26(4,5)6,22-14-10-8-11-15-22)23-16-12-9-13-17-23/h7-18,21H,1,19-20H2,2-6H3/b24-18+. The maximum Gasteiger partial charge on any atom is 0.373 e. The molecule has 0 unspecified atom stereocenters. The molecule has 2 aromatic rings. The molecule has 0 spiro atoms. The van der Waals surface area contributed by atoms with Gasteiger partial charge < -0.3 is 13.9 Å². The SMILES string of the molecule is C=CCO/C(=C/CO[Si](c1ccccc1)(c1ccccc1)C(C)(C)C)C(=O)OC(C)C. The van der Waals surface area contributed by atoms with E-state index in [2.05, 4.69) is 51.6 Å². The molecule has 0 N–H and O–H groups in total. The second-order valence-corrected chi connectivity index (χ2v) is 12.9. The molecular formula is C26H34O4Si. The molecule has 0 saturated carbocycles. The molecule has 0 atom stereocenters. The molecule has 0 heterocycles. The summed E-state index contributed by atoms with van der Waals surface area (Å²) < 4.78 is 17.7. The van der Waals surface area contributed by atoms with Gasteiger partial charge in [-0.3, -0.25) is 0 Å². The lowest BCUT2D eigenvalue weighted by Crippen LogP contribution is -2.66. The van der Waals surface area contributed by atoms with Crippen LogP contribution in [0.2, 0.25) is 5.04 Å². The maximum absolute atomic E-state index is 12.5. The van der Waals surface area contributed by atoms with Crippen molar-refractivity contribution in [2.75, 3.05) is 13.2 Å². The second-order valence-electron chi connectivity index (χ2n) is 8.60. The first kappa shape index (κ1) is 24.6. The highest BCUT2D eigenvalue weighted by atomic mass is 28.4. The van der Waals surface area contributed by atoms with Gasteiger partial charge in [-0.1, -0.05) is 94.1 Å². The van der Waals surface area contributed by atoms with Crippen molar-refractivity contribution in [3.8, 4) is 0 Å². The number of benzene rings is 2. The van der Waals surface area contributed by atoms with Crippen molar-refractivity contribution in [2.45, 2.75) is 45.8 Å². The topological polar surface area (TPSA) is 44.8 Å². The minimum Gasteiger partial charge on any atom is -0.482 e. The molecule has 2 rings (SSSR count). The fourth-order valence-corrected chi connectivity index (χ4v) is 8.11. The van der Waals surface area contributed by atoms with E-state index in [0.717, 1.165) is 0 Å². The Morgan fingerprint density at radius 3 is 1.90 bits per heavy atom. The van der Waals surface area contributed by atoms with E-state index >= 15 is 0 Å². The summed E-state index contributed by atoms with van der Waals surface area (Å²) in [5.74, 6) is -0.352. The molecule has 0 saturated heterocycles. The van der Waals surface area contributed by atoms with Gasteiger partial charge in [-0.25, -0.2) is 4.79 Å². The van der Waals surface area contributed by atoms with Gasteiger partial charge in [0.1, 0.15) is 6.61 Å². The fourth-order valence-electron chi connectivity index (χ4n) is 3.63. The Labute approximate surface area is 187 Å². The van der Waals surface area contributed by atoms with Crippen molar-refractivity contribution in [1.82, 2.24) is 0 Å². The molecule has 166 valence electrons. The molecule has 0 aliphatic heterocycles. The van der Waals surface area contributed by atoms with Crippen molar-refractivity contribution in [3.63, 3.8) is 0 Å². The zero-order valence-electron chi connectivity index (χ0n) is 19.3. The molecule has 4 nitrogen and oxygen atoms in total.